The molecule has 1 N–H and O–H groups in total. The molecule has 9 heteroatoms. The van der Waals surface area contributed by atoms with Crippen LogP contribution in [0.2, 0.25) is 0 Å². The summed E-state index contributed by atoms with van der Waals surface area (Å²) in [5, 5.41) is 2.53. The van der Waals surface area contributed by atoms with E-state index in [4.69, 9.17) is 21.7 Å². The fourth-order valence-corrected chi connectivity index (χ4v) is 3.55. The molecule has 1 aliphatic heterocycles. The van der Waals surface area contributed by atoms with E-state index in [1.807, 2.05) is 0 Å². The van der Waals surface area contributed by atoms with E-state index in [2.05, 4.69) is 27.8 Å². The van der Waals surface area contributed by atoms with Crippen LogP contribution < -0.4 is 14.8 Å². The number of nitrogens with one attached hydrogen (secondary N) is 1. The lowest BCUT2D eigenvalue weighted by molar-refractivity contribution is -0.128. The van der Waals surface area contributed by atoms with Gasteiger partial charge in [-0.15, -0.1) is 6.58 Å². The molecular formula is C22H18BrFN2O4S. The van der Waals surface area contributed by atoms with Gasteiger partial charge in [0, 0.05) is 11.0 Å². The Morgan fingerprint density at radius 1 is 1.26 bits per heavy atom. The van der Waals surface area contributed by atoms with Crippen LogP contribution in [0.1, 0.15) is 11.1 Å². The van der Waals surface area contributed by atoms with Crippen molar-refractivity contribution in [3.05, 3.63) is 76.0 Å². The zero-order valence-corrected chi connectivity index (χ0v) is 18.9. The van der Waals surface area contributed by atoms with Crippen molar-refractivity contribution in [3.63, 3.8) is 0 Å². The van der Waals surface area contributed by atoms with Crippen molar-refractivity contribution in [2.75, 3.05) is 13.7 Å². The quantitative estimate of drug-likeness (QED) is 0.267. The van der Waals surface area contributed by atoms with Gasteiger partial charge in [-0.05, 0) is 53.7 Å². The first-order valence-electron chi connectivity index (χ1n) is 9.08. The number of benzene rings is 2. The Labute approximate surface area is 192 Å². The maximum absolute atomic E-state index is 13.4. The number of amides is 2. The van der Waals surface area contributed by atoms with Gasteiger partial charge in [0.05, 0.1) is 7.11 Å². The van der Waals surface area contributed by atoms with E-state index in [9.17, 15) is 14.0 Å². The molecule has 0 atom stereocenters. The smallest absolute Gasteiger partial charge is 0.265 e. The fourth-order valence-electron chi connectivity index (χ4n) is 2.87. The zero-order chi connectivity index (χ0) is 22.5. The van der Waals surface area contributed by atoms with Crippen LogP contribution in [0.3, 0.4) is 0 Å². The molecule has 0 radical (unpaired) electrons. The lowest BCUT2D eigenvalue weighted by Crippen LogP contribution is -2.53. The number of carbonyl (C=O) groups excluding carboxylic acids is 2. The number of nitrogens with zero attached hydrogens (tertiary/aromatic N) is 1. The second-order valence-electron chi connectivity index (χ2n) is 6.46. The first-order chi connectivity index (χ1) is 14.8. The highest BCUT2D eigenvalue weighted by Gasteiger charge is 2.32. The summed E-state index contributed by atoms with van der Waals surface area (Å²) in [4.78, 5) is 26.3. The second-order valence-corrected chi connectivity index (χ2v) is 7.71. The van der Waals surface area contributed by atoms with Crippen LogP contribution >= 0.6 is 28.1 Å². The van der Waals surface area contributed by atoms with Crippen molar-refractivity contribution < 1.29 is 23.5 Å². The zero-order valence-electron chi connectivity index (χ0n) is 16.5. The Bertz CT molecular complexity index is 1100. The summed E-state index contributed by atoms with van der Waals surface area (Å²) in [6, 6.07) is 9.37. The minimum absolute atomic E-state index is 0.0322. The van der Waals surface area contributed by atoms with E-state index >= 15 is 0 Å². The molecule has 2 aromatic rings. The molecule has 1 aliphatic rings. The normalized spacial score (nSPS) is 15.1. The van der Waals surface area contributed by atoms with Crippen LogP contribution in [0.5, 0.6) is 11.5 Å². The van der Waals surface area contributed by atoms with Gasteiger partial charge in [0.1, 0.15) is 18.0 Å². The van der Waals surface area contributed by atoms with Gasteiger partial charge in [-0.3, -0.25) is 19.8 Å². The summed E-state index contributed by atoms with van der Waals surface area (Å²) in [7, 11) is 1.47. The summed E-state index contributed by atoms with van der Waals surface area (Å²) in [5.74, 6) is -0.668. The SMILES string of the molecule is C=CCN1C(=O)/C(=C/c2cc(OC)c(OCc3cccc(F)c3)cc2Br)C(=O)NC1=S. The molecular weight excluding hydrogens is 487 g/mol. The van der Waals surface area contributed by atoms with Crippen LogP contribution in [0.15, 0.2) is 59.1 Å². The first-order valence-corrected chi connectivity index (χ1v) is 10.3. The molecule has 1 saturated heterocycles. The molecule has 0 aromatic heterocycles. The number of hydrogen-bond donors (Lipinski definition) is 1. The molecule has 31 heavy (non-hydrogen) atoms. The predicted octanol–water partition coefficient (Wildman–Crippen LogP) is 3.99. The average molecular weight is 505 g/mol. The van der Waals surface area contributed by atoms with E-state index in [-0.39, 0.29) is 29.7 Å². The number of thiocarbonyl (C=S) groups is 1. The van der Waals surface area contributed by atoms with Crippen molar-refractivity contribution in [2.24, 2.45) is 0 Å². The number of halogens is 2. The van der Waals surface area contributed by atoms with Gasteiger partial charge in [0.15, 0.2) is 16.6 Å². The lowest BCUT2D eigenvalue weighted by Gasteiger charge is -2.27. The van der Waals surface area contributed by atoms with Crippen LogP contribution in [0.4, 0.5) is 4.39 Å². The van der Waals surface area contributed by atoms with Gasteiger partial charge < -0.3 is 9.47 Å². The fraction of sp³-hybridized carbons (Fsp3) is 0.136. The summed E-state index contributed by atoms with van der Waals surface area (Å²) < 4.78 is 25.1. The molecule has 0 saturated carbocycles. The molecule has 1 heterocycles. The summed E-state index contributed by atoms with van der Waals surface area (Å²) in [6.07, 6.45) is 2.96. The van der Waals surface area contributed by atoms with Crippen molar-refractivity contribution in [1.29, 1.82) is 0 Å². The maximum Gasteiger partial charge on any atom is 0.265 e. The number of carbonyl (C=O) groups is 2. The molecule has 2 amide bonds. The maximum atomic E-state index is 13.4. The largest absolute Gasteiger partial charge is 0.493 e. The third kappa shape index (κ3) is 5.18. The molecule has 0 spiro atoms. The van der Waals surface area contributed by atoms with E-state index in [0.717, 1.165) is 0 Å². The van der Waals surface area contributed by atoms with Gasteiger partial charge in [0.25, 0.3) is 11.8 Å². The van der Waals surface area contributed by atoms with Gasteiger partial charge in [0.2, 0.25) is 0 Å². The molecule has 6 nitrogen and oxygen atoms in total. The van der Waals surface area contributed by atoms with E-state index in [1.54, 1.807) is 24.3 Å². The number of ether oxygens (including phenoxy) is 2. The first kappa shape index (κ1) is 22.6. The van der Waals surface area contributed by atoms with Gasteiger partial charge >= 0.3 is 0 Å². The molecule has 0 unspecified atom stereocenters. The lowest BCUT2D eigenvalue weighted by atomic mass is 10.1. The van der Waals surface area contributed by atoms with Crippen LogP contribution in [0, 0.1) is 5.82 Å². The minimum atomic E-state index is -0.590. The number of methoxy groups -OCH3 is 1. The van der Waals surface area contributed by atoms with Crippen LogP contribution in [0.25, 0.3) is 6.08 Å². The van der Waals surface area contributed by atoms with Crippen molar-refractivity contribution >= 4 is 51.2 Å². The molecule has 3 rings (SSSR count). The number of hydrogen-bond acceptors (Lipinski definition) is 5. The van der Waals surface area contributed by atoms with Crippen molar-refractivity contribution in [2.45, 2.75) is 6.61 Å². The predicted molar refractivity (Wildman–Crippen MR) is 122 cm³/mol. The Morgan fingerprint density at radius 3 is 2.71 bits per heavy atom. The molecule has 160 valence electrons. The Kier molecular flexibility index (Phi) is 7.19. The molecule has 1 fully saturated rings. The van der Waals surface area contributed by atoms with E-state index in [0.29, 0.717) is 27.1 Å². The van der Waals surface area contributed by atoms with Gasteiger partial charge in [-0.1, -0.05) is 34.1 Å². The molecule has 2 aromatic carbocycles. The third-order valence-corrected chi connectivity index (χ3v) is 5.37. The summed E-state index contributed by atoms with van der Waals surface area (Å²) >= 11 is 8.49. The summed E-state index contributed by atoms with van der Waals surface area (Å²) in [5.41, 5.74) is 1.11. The highest BCUT2D eigenvalue weighted by atomic mass is 79.9. The summed E-state index contributed by atoms with van der Waals surface area (Å²) in [6.45, 7) is 3.91. The van der Waals surface area contributed by atoms with Crippen molar-refractivity contribution in [3.8, 4) is 11.5 Å². The van der Waals surface area contributed by atoms with Gasteiger partial charge in [-0.2, -0.15) is 0 Å². The Balaban J connectivity index is 1.90. The monoisotopic (exact) mass is 504 g/mol. The topological polar surface area (TPSA) is 67.9 Å². The Morgan fingerprint density at radius 2 is 2.03 bits per heavy atom. The highest BCUT2D eigenvalue weighted by molar-refractivity contribution is 9.10. The van der Waals surface area contributed by atoms with Crippen molar-refractivity contribution in [1.82, 2.24) is 10.2 Å². The van der Waals surface area contributed by atoms with Crippen LogP contribution in [-0.2, 0) is 16.2 Å². The third-order valence-electron chi connectivity index (χ3n) is 4.36. The minimum Gasteiger partial charge on any atom is -0.493 e. The second kappa shape index (κ2) is 9.84. The standard InChI is InChI=1S/C22H18BrFN2O4S/c1-3-7-26-21(28)16(20(27)25-22(26)31)9-14-10-18(29-2)19(11-17(14)23)30-12-13-5-4-6-15(24)8-13/h3-6,8-11H,1,7,12H2,2H3,(H,25,27,31)/b16-9+. The Hall–Kier alpha value is -3.04. The van der Waals surface area contributed by atoms with Gasteiger partial charge in [-0.25, -0.2) is 4.39 Å². The highest BCUT2D eigenvalue weighted by Crippen LogP contribution is 2.35. The van der Waals surface area contributed by atoms with Crippen LogP contribution in [-0.4, -0.2) is 35.5 Å². The molecule has 0 aliphatic carbocycles. The van der Waals surface area contributed by atoms with E-state index < -0.39 is 11.8 Å². The number of rotatable bonds is 7. The average Bonchev–Trinajstić information content (AvgIpc) is 2.73. The molecule has 0 bridgehead atoms. The van der Waals surface area contributed by atoms with E-state index in [1.165, 1.54) is 36.3 Å².